The second-order valence-corrected chi connectivity index (χ2v) is 5.70. The molecule has 1 heterocycles. The Morgan fingerprint density at radius 1 is 1.00 bits per heavy atom. The molecule has 0 amide bonds. The fourth-order valence-electron chi connectivity index (χ4n) is 2.58. The highest BCUT2D eigenvalue weighted by molar-refractivity contribution is 5.57. The van der Waals surface area contributed by atoms with Gasteiger partial charge in [0.1, 0.15) is 11.6 Å². The van der Waals surface area contributed by atoms with Crippen LogP contribution in [0.3, 0.4) is 0 Å². The van der Waals surface area contributed by atoms with E-state index >= 15 is 0 Å². The molecule has 0 N–H and O–H groups in total. The van der Waals surface area contributed by atoms with Crippen molar-refractivity contribution in [1.82, 2.24) is 9.55 Å². The monoisotopic (exact) mass is 294 g/mol. The van der Waals surface area contributed by atoms with Crippen LogP contribution in [-0.2, 0) is 6.54 Å². The Morgan fingerprint density at radius 3 is 2.50 bits per heavy atom. The molecule has 3 heteroatoms. The summed E-state index contributed by atoms with van der Waals surface area (Å²) >= 11 is 0. The van der Waals surface area contributed by atoms with Gasteiger partial charge >= 0.3 is 0 Å². The fourth-order valence-corrected chi connectivity index (χ4v) is 2.58. The minimum atomic E-state index is -0.194. The van der Waals surface area contributed by atoms with Crippen LogP contribution in [0.2, 0.25) is 0 Å². The molecule has 1 aromatic heterocycles. The first-order valence-corrected chi connectivity index (χ1v) is 7.39. The average Bonchev–Trinajstić information content (AvgIpc) is 2.86. The molecular weight excluding hydrogens is 275 g/mol. The third-order valence-electron chi connectivity index (χ3n) is 4.07. The van der Waals surface area contributed by atoms with Crippen LogP contribution in [0.4, 0.5) is 4.39 Å². The van der Waals surface area contributed by atoms with Crippen molar-refractivity contribution in [1.29, 1.82) is 0 Å². The summed E-state index contributed by atoms with van der Waals surface area (Å²) in [6.45, 7) is 6.64. The Kier molecular flexibility index (Phi) is 3.80. The number of aryl methyl sites for hydroxylation is 3. The number of imidazole rings is 1. The predicted octanol–water partition coefficient (Wildman–Crippen LogP) is 4.66. The van der Waals surface area contributed by atoms with Gasteiger partial charge in [-0.1, -0.05) is 36.4 Å². The van der Waals surface area contributed by atoms with Crippen molar-refractivity contribution in [2.75, 3.05) is 0 Å². The zero-order valence-electron chi connectivity index (χ0n) is 13.1. The highest BCUT2D eigenvalue weighted by Crippen LogP contribution is 2.23. The fraction of sp³-hybridized carbons (Fsp3) is 0.211. The second-order valence-electron chi connectivity index (χ2n) is 5.70. The summed E-state index contributed by atoms with van der Waals surface area (Å²) in [4.78, 5) is 4.48. The minimum Gasteiger partial charge on any atom is -0.324 e. The molecule has 0 fully saturated rings. The maximum atomic E-state index is 13.9. The van der Waals surface area contributed by atoms with Crippen LogP contribution in [0.5, 0.6) is 0 Å². The van der Waals surface area contributed by atoms with Crippen LogP contribution in [0.15, 0.2) is 48.7 Å². The maximum Gasteiger partial charge on any atom is 0.140 e. The third-order valence-corrected chi connectivity index (χ3v) is 4.07. The van der Waals surface area contributed by atoms with Gasteiger partial charge < -0.3 is 4.57 Å². The number of aromatic nitrogens is 2. The summed E-state index contributed by atoms with van der Waals surface area (Å²) in [7, 11) is 0. The van der Waals surface area contributed by atoms with Gasteiger partial charge in [-0.3, -0.25) is 0 Å². The first-order chi connectivity index (χ1) is 10.6. The maximum absolute atomic E-state index is 13.9. The van der Waals surface area contributed by atoms with Crippen LogP contribution in [0.25, 0.3) is 11.4 Å². The lowest BCUT2D eigenvalue weighted by Gasteiger charge is -2.12. The van der Waals surface area contributed by atoms with Crippen molar-refractivity contribution >= 4 is 0 Å². The Hall–Kier alpha value is -2.42. The van der Waals surface area contributed by atoms with Crippen LogP contribution in [0, 0.1) is 26.6 Å². The summed E-state index contributed by atoms with van der Waals surface area (Å²) < 4.78 is 16.0. The van der Waals surface area contributed by atoms with Gasteiger partial charge in [0.05, 0.1) is 0 Å². The van der Waals surface area contributed by atoms with Gasteiger partial charge in [-0.15, -0.1) is 0 Å². The molecule has 0 atom stereocenters. The molecule has 2 nitrogen and oxygen atoms in total. The summed E-state index contributed by atoms with van der Waals surface area (Å²) in [5.74, 6) is 0.611. The van der Waals surface area contributed by atoms with E-state index in [4.69, 9.17) is 0 Å². The molecule has 0 radical (unpaired) electrons. The molecule has 3 aromatic rings. The SMILES string of the molecule is Cc1ccc(-c2ncc(C)n2Cc2ccccc2C)cc1F. The molecule has 22 heavy (non-hydrogen) atoms. The molecule has 0 unspecified atom stereocenters. The van der Waals surface area contributed by atoms with E-state index in [2.05, 4.69) is 28.6 Å². The van der Waals surface area contributed by atoms with E-state index in [1.807, 2.05) is 31.3 Å². The zero-order valence-corrected chi connectivity index (χ0v) is 13.1. The van der Waals surface area contributed by atoms with Gasteiger partial charge in [-0.25, -0.2) is 9.37 Å². The molecule has 0 aliphatic heterocycles. The van der Waals surface area contributed by atoms with Gasteiger partial charge in [-0.05, 0) is 43.5 Å². The molecule has 0 spiro atoms. The van der Waals surface area contributed by atoms with E-state index in [-0.39, 0.29) is 5.82 Å². The Balaban J connectivity index is 2.04. The normalized spacial score (nSPS) is 10.9. The summed E-state index contributed by atoms with van der Waals surface area (Å²) in [5.41, 5.74) is 5.02. The summed E-state index contributed by atoms with van der Waals surface area (Å²) in [6, 6.07) is 13.6. The first kappa shape index (κ1) is 14.5. The van der Waals surface area contributed by atoms with E-state index in [0.717, 1.165) is 23.6 Å². The van der Waals surface area contributed by atoms with Gasteiger partial charge in [-0.2, -0.15) is 0 Å². The van der Waals surface area contributed by atoms with E-state index in [9.17, 15) is 4.39 Å². The van der Waals surface area contributed by atoms with E-state index < -0.39 is 0 Å². The summed E-state index contributed by atoms with van der Waals surface area (Å²) in [6.07, 6.45) is 1.84. The molecule has 2 aromatic carbocycles. The topological polar surface area (TPSA) is 17.8 Å². The lowest BCUT2D eigenvalue weighted by molar-refractivity contribution is 0.618. The van der Waals surface area contributed by atoms with Crippen molar-refractivity contribution in [3.05, 3.63) is 76.9 Å². The highest BCUT2D eigenvalue weighted by atomic mass is 19.1. The zero-order chi connectivity index (χ0) is 15.7. The number of hydrogen-bond donors (Lipinski definition) is 0. The van der Waals surface area contributed by atoms with E-state index in [1.165, 1.54) is 11.1 Å². The molecule has 3 rings (SSSR count). The number of halogens is 1. The van der Waals surface area contributed by atoms with Crippen LogP contribution >= 0.6 is 0 Å². The van der Waals surface area contributed by atoms with Crippen molar-refractivity contribution < 1.29 is 4.39 Å². The summed E-state index contributed by atoms with van der Waals surface area (Å²) in [5, 5.41) is 0. The molecule has 0 aliphatic carbocycles. The Morgan fingerprint density at radius 2 is 1.77 bits per heavy atom. The van der Waals surface area contributed by atoms with E-state index in [1.54, 1.807) is 19.1 Å². The number of benzene rings is 2. The third kappa shape index (κ3) is 2.67. The first-order valence-electron chi connectivity index (χ1n) is 7.39. The quantitative estimate of drug-likeness (QED) is 0.687. The van der Waals surface area contributed by atoms with Crippen LogP contribution in [0.1, 0.15) is 22.4 Å². The standard InChI is InChI=1S/C19H19FN2/c1-13-6-4-5-7-17(13)12-22-15(3)11-21-19(22)16-9-8-14(2)18(20)10-16/h4-11H,12H2,1-3H3. The number of rotatable bonds is 3. The van der Waals surface area contributed by atoms with Gasteiger partial charge in [0.25, 0.3) is 0 Å². The molecule has 0 saturated carbocycles. The molecule has 112 valence electrons. The van der Waals surface area contributed by atoms with Crippen molar-refractivity contribution in [2.45, 2.75) is 27.3 Å². The van der Waals surface area contributed by atoms with Crippen LogP contribution < -0.4 is 0 Å². The lowest BCUT2D eigenvalue weighted by atomic mass is 10.1. The highest BCUT2D eigenvalue weighted by Gasteiger charge is 2.12. The number of nitrogens with zero attached hydrogens (tertiary/aromatic N) is 2. The number of hydrogen-bond acceptors (Lipinski definition) is 1. The molecule has 0 aliphatic rings. The van der Waals surface area contributed by atoms with E-state index in [0.29, 0.717) is 5.56 Å². The molecular formula is C19H19FN2. The molecule has 0 bridgehead atoms. The molecule has 0 saturated heterocycles. The van der Waals surface area contributed by atoms with Crippen molar-refractivity contribution in [3.8, 4) is 11.4 Å². The van der Waals surface area contributed by atoms with Crippen LogP contribution in [-0.4, -0.2) is 9.55 Å². The van der Waals surface area contributed by atoms with Gasteiger partial charge in [0.2, 0.25) is 0 Å². The average molecular weight is 294 g/mol. The van der Waals surface area contributed by atoms with Gasteiger partial charge in [0.15, 0.2) is 0 Å². The Labute approximate surface area is 130 Å². The minimum absolute atomic E-state index is 0.194. The van der Waals surface area contributed by atoms with Crippen molar-refractivity contribution in [3.63, 3.8) is 0 Å². The smallest absolute Gasteiger partial charge is 0.140 e. The van der Waals surface area contributed by atoms with Crippen molar-refractivity contribution in [2.24, 2.45) is 0 Å². The Bertz CT molecular complexity index is 818. The van der Waals surface area contributed by atoms with Gasteiger partial charge in [0, 0.05) is 24.0 Å². The lowest BCUT2D eigenvalue weighted by Crippen LogP contribution is -2.05. The largest absolute Gasteiger partial charge is 0.324 e. The second kappa shape index (κ2) is 5.76. The predicted molar refractivity (Wildman–Crippen MR) is 87.4 cm³/mol.